The van der Waals surface area contributed by atoms with Crippen LogP contribution in [0.3, 0.4) is 0 Å². The van der Waals surface area contributed by atoms with E-state index in [0.717, 1.165) is 38.3 Å². The largest absolute Gasteiger partial charge is 0.372 e. The quantitative estimate of drug-likeness (QED) is 0.867. The molecule has 1 aliphatic heterocycles. The minimum atomic E-state index is -0.280. The number of carbonyl (C=O) groups excluding carboxylic acids is 1. The van der Waals surface area contributed by atoms with Gasteiger partial charge in [0.25, 0.3) is 0 Å². The number of rotatable bonds is 5. The van der Waals surface area contributed by atoms with Crippen LogP contribution >= 0.6 is 0 Å². The van der Waals surface area contributed by atoms with Crippen LogP contribution in [0, 0.1) is 5.41 Å². The summed E-state index contributed by atoms with van der Waals surface area (Å²) in [6, 6.07) is 8.10. The second-order valence-electron chi connectivity index (χ2n) is 5.66. The summed E-state index contributed by atoms with van der Waals surface area (Å²) in [4.78, 5) is 14.6. The summed E-state index contributed by atoms with van der Waals surface area (Å²) in [5.41, 5.74) is 1.79. The lowest BCUT2D eigenvalue weighted by Gasteiger charge is -2.23. The molecule has 2 rings (SSSR count). The minimum absolute atomic E-state index is 0.109. The van der Waals surface area contributed by atoms with Gasteiger partial charge in [0.2, 0.25) is 5.91 Å². The molecule has 0 radical (unpaired) electrons. The Morgan fingerprint density at radius 3 is 2.45 bits per heavy atom. The van der Waals surface area contributed by atoms with Gasteiger partial charge in [-0.25, -0.2) is 0 Å². The van der Waals surface area contributed by atoms with Crippen LogP contribution in [0.15, 0.2) is 24.3 Å². The van der Waals surface area contributed by atoms with Crippen molar-refractivity contribution in [2.24, 2.45) is 5.41 Å². The summed E-state index contributed by atoms with van der Waals surface area (Å²) in [5, 5.41) is 6.28. The molecule has 1 heterocycles. The molecular formula is C16H25N3O. The molecule has 1 aromatic carbocycles. The second-order valence-corrected chi connectivity index (χ2v) is 5.66. The van der Waals surface area contributed by atoms with Crippen molar-refractivity contribution < 1.29 is 4.79 Å². The van der Waals surface area contributed by atoms with E-state index in [1.807, 2.05) is 19.1 Å². The number of anilines is 2. The first-order valence-electron chi connectivity index (χ1n) is 7.46. The van der Waals surface area contributed by atoms with Gasteiger partial charge in [-0.1, -0.05) is 0 Å². The SMILES string of the molecule is CCN(CC)c1ccc(NC(=O)C2(C)CCNC2)cc1. The van der Waals surface area contributed by atoms with Gasteiger partial charge in [-0.15, -0.1) is 0 Å². The number of nitrogens with one attached hydrogen (secondary N) is 2. The zero-order valence-corrected chi connectivity index (χ0v) is 12.7. The highest BCUT2D eigenvalue weighted by atomic mass is 16.2. The molecule has 0 spiro atoms. The van der Waals surface area contributed by atoms with Gasteiger partial charge in [0.1, 0.15) is 0 Å². The smallest absolute Gasteiger partial charge is 0.231 e. The maximum atomic E-state index is 12.3. The van der Waals surface area contributed by atoms with Crippen LogP contribution in [0.2, 0.25) is 0 Å². The van der Waals surface area contributed by atoms with Gasteiger partial charge in [-0.05, 0) is 58.0 Å². The maximum Gasteiger partial charge on any atom is 0.231 e. The Balaban J connectivity index is 2.02. The van der Waals surface area contributed by atoms with Crippen molar-refractivity contribution in [1.29, 1.82) is 0 Å². The molecule has 0 bridgehead atoms. The number of hydrogen-bond acceptors (Lipinski definition) is 3. The van der Waals surface area contributed by atoms with E-state index in [2.05, 4.69) is 41.5 Å². The molecule has 2 N–H and O–H groups in total. The van der Waals surface area contributed by atoms with Crippen LogP contribution in [0.25, 0.3) is 0 Å². The third-order valence-corrected chi connectivity index (χ3v) is 4.17. The van der Waals surface area contributed by atoms with Gasteiger partial charge in [0.15, 0.2) is 0 Å². The van der Waals surface area contributed by atoms with Crippen LogP contribution in [0.4, 0.5) is 11.4 Å². The lowest BCUT2D eigenvalue weighted by Crippen LogP contribution is -2.35. The Labute approximate surface area is 121 Å². The van der Waals surface area contributed by atoms with E-state index in [4.69, 9.17) is 0 Å². The van der Waals surface area contributed by atoms with Crippen molar-refractivity contribution in [2.75, 3.05) is 36.4 Å². The van der Waals surface area contributed by atoms with Crippen molar-refractivity contribution in [3.8, 4) is 0 Å². The topological polar surface area (TPSA) is 44.4 Å². The Morgan fingerprint density at radius 2 is 1.95 bits per heavy atom. The third kappa shape index (κ3) is 3.12. The molecule has 4 heteroatoms. The first-order chi connectivity index (χ1) is 9.59. The summed E-state index contributed by atoms with van der Waals surface area (Å²) in [5.74, 6) is 0.109. The van der Waals surface area contributed by atoms with Gasteiger partial charge in [-0.2, -0.15) is 0 Å². The Bertz CT molecular complexity index is 445. The lowest BCUT2D eigenvalue weighted by atomic mass is 9.89. The predicted octanol–water partition coefficient (Wildman–Crippen LogP) is 2.47. The van der Waals surface area contributed by atoms with E-state index in [0.29, 0.717) is 0 Å². The highest BCUT2D eigenvalue weighted by molar-refractivity contribution is 5.95. The first-order valence-corrected chi connectivity index (χ1v) is 7.46. The molecule has 0 aromatic heterocycles. The number of amides is 1. The van der Waals surface area contributed by atoms with E-state index in [9.17, 15) is 4.79 Å². The first kappa shape index (κ1) is 14.9. The number of benzene rings is 1. The summed E-state index contributed by atoms with van der Waals surface area (Å²) in [6.07, 6.45) is 0.899. The van der Waals surface area contributed by atoms with Crippen LogP contribution < -0.4 is 15.5 Å². The average molecular weight is 275 g/mol. The monoisotopic (exact) mass is 275 g/mol. The molecule has 20 heavy (non-hydrogen) atoms. The third-order valence-electron chi connectivity index (χ3n) is 4.17. The molecule has 1 amide bonds. The van der Waals surface area contributed by atoms with Gasteiger partial charge >= 0.3 is 0 Å². The molecule has 4 nitrogen and oxygen atoms in total. The summed E-state index contributed by atoms with van der Waals surface area (Å²) >= 11 is 0. The van der Waals surface area contributed by atoms with Gasteiger partial charge in [0.05, 0.1) is 5.41 Å². The minimum Gasteiger partial charge on any atom is -0.372 e. The van der Waals surface area contributed by atoms with E-state index in [-0.39, 0.29) is 11.3 Å². The molecule has 1 saturated heterocycles. The molecule has 1 unspecified atom stereocenters. The van der Waals surface area contributed by atoms with Crippen LogP contribution in [-0.4, -0.2) is 32.1 Å². The molecular weight excluding hydrogens is 250 g/mol. The van der Waals surface area contributed by atoms with Crippen molar-refractivity contribution in [1.82, 2.24) is 5.32 Å². The highest BCUT2D eigenvalue weighted by Gasteiger charge is 2.36. The van der Waals surface area contributed by atoms with Crippen molar-refractivity contribution >= 4 is 17.3 Å². The number of hydrogen-bond donors (Lipinski definition) is 2. The normalized spacial score (nSPS) is 21.8. The second kappa shape index (κ2) is 6.27. The predicted molar refractivity (Wildman–Crippen MR) is 84.2 cm³/mol. The Kier molecular flexibility index (Phi) is 4.65. The van der Waals surface area contributed by atoms with Crippen LogP contribution in [0.5, 0.6) is 0 Å². The van der Waals surface area contributed by atoms with Crippen LogP contribution in [0.1, 0.15) is 27.2 Å². The molecule has 1 aromatic rings. The lowest BCUT2D eigenvalue weighted by molar-refractivity contribution is -0.123. The highest BCUT2D eigenvalue weighted by Crippen LogP contribution is 2.27. The van der Waals surface area contributed by atoms with Crippen molar-refractivity contribution in [3.05, 3.63) is 24.3 Å². The Hall–Kier alpha value is -1.55. The van der Waals surface area contributed by atoms with Gasteiger partial charge < -0.3 is 15.5 Å². The van der Waals surface area contributed by atoms with E-state index in [1.165, 1.54) is 5.69 Å². The van der Waals surface area contributed by atoms with Gasteiger partial charge in [0, 0.05) is 31.0 Å². The van der Waals surface area contributed by atoms with E-state index >= 15 is 0 Å². The average Bonchev–Trinajstić information content (AvgIpc) is 2.90. The van der Waals surface area contributed by atoms with Gasteiger partial charge in [-0.3, -0.25) is 4.79 Å². The fraction of sp³-hybridized carbons (Fsp3) is 0.562. The molecule has 1 fully saturated rings. The molecule has 1 aliphatic rings. The van der Waals surface area contributed by atoms with Crippen LogP contribution in [-0.2, 0) is 4.79 Å². The molecule has 1 atom stereocenters. The van der Waals surface area contributed by atoms with Crippen molar-refractivity contribution in [3.63, 3.8) is 0 Å². The zero-order valence-electron chi connectivity index (χ0n) is 12.7. The van der Waals surface area contributed by atoms with E-state index < -0.39 is 0 Å². The van der Waals surface area contributed by atoms with Crippen molar-refractivity contribution in [2.45, 2.75) is 27.2 Å². The number of nitrogens with zero attached hydrogens (tertiary/aromatic N) is 1. The standard InChI is InChI=1S/C16H25N3O/c1-4-19(5-2)14-8-6-13(7-9-14)18-15(20)16(3)10-11-17-12-16/h6-9,17H,4-5,10-12H2,1-3H3,(H,18,20). The molecule has 0 saturated carbocycles. The number of carbonyl (C=O) groups is 1. The summed E-state index contributed by atoms with van der Waals surface area (Å²) < 4.78 is 0. The molecule has 110 valence electrons. The Morgan fingerprint density at radius 1 is 1.30 bits per heavy atom. The van der Waals surface area contributed by atoms with E-state index in [1.54, 1.807) is 0 Å². The molecule has 0 aliphatic carbocycles. The summed E-state index contributed by atoms with van der Waals surface area (Å²) in [7, 11) is 0. The fourth-order valence-electron chi connectivity index (χ4n) is 2.64. The fourth-order valence-corrected chi connectivity index (χ4v) is 2.64. The summed E-state index contributed by atoms with van der Waals surface area (Å²) in [6.45, 7) is 9.98. The zero-order chi connectivity index (χ0) is 14.6. The maximum absolute atomic E-state index is 12.3.